The fraction of sp³-hybridized carbons (Fsp3) is 0.136. The molecule has 2 N–H and O–H groups in total. The van der Waals surface area contributed by atoms with Gasteiger partial charge in [-0.1, -0.05) is 24.3 Å². The van der Waals surface area contributed by atoms with Crippen LogP contribution in [0.25, 0.3) is 0 Å². The van der Waals surface area contributed by atoms with Crippen LogP contribution < -0.4 is 14.8 Å². The maximum atomic E-state index is 13.1. The second-order valence-corrected chi connectivity index (χ2v) is 6.10. The number of carboxylic acid groups (broad SMARTS) is 1. The molecule has 28 heavy (non-hydrogen) atoms. The van der Waals surface area contributed by atoms with E-state index in [0.717, 1.165) is 16.8 Å². The standard InChI is InChI=1S/C22H20FNO4/c1-27-20-4-2-3-17(13-24-19-11-7-16(8-12-19)22(25)26)21(20)28-14-15-5-9-18(23)10-6-15/h2-12,24H,13-14H2,1H3,(H,25,26). The molecular weight excluding hydrogens is 361 g/mol. The SMILES string of the molecule is COc1cccc(CNc2ccc(C(=O)O)cc2)c1OCc1ccc(F)cc1. The minimum absolute atomic E-state index is 0.232. The molecule has 0 aliphatic heterocycles. The Morgan fingerprint density at radius 2 is 1.75 bits per heavy atom. The highest BCUT2D eigenvalue weighted by Crippen LogP contribution is 2.32. The molecule has 0 aromatic heterocycles. The molecule has 0 saturated heterocycles. The maximum absolute atomic E-state index is 13.1. The number of para-hydroxylation sites is 1. The highest BCUT2D eigenvalue weighted by Gasteiger charge is 2.11. The average molecular weight is 381 g/mol. The summed E-state index contributed by atoms with van der Waals surface area (Å²) in [6, 6.07) is 18.2. The lowest BCUT2D eigenvalue weighted by Crippen LogP contribution is -2.05. The summed E-state index contributed by atoms with van der Waals surface area (Å²) in [5, 5.41) is 12.2. The lowest BCUT2D eigenvalue weighted by atomic mass is 10.1. The lowest BCUT2D eigenvalue weighted by molar-refractivity contribution is 0.0697. The van der Waals surface area contributed by atoms with Crippen LogP contribution >= 0.6 is 0 Å². The number of carboxylic acids is 1. The number of halogens is 1. The van der Waals surface area contributed by atoms with Gasteiger partial charge < -0.3 is 19.9 Å². The van der Waals surface area contributed by atoms with E-state index < -0.39 is 5.97 Å². The summed E-state index contributed by atoms with van der Waals surface area (Å²) in [5.74, 6) is -0.0534. The Bertz CT molecular complexity index is 940. The van der Waals surface area contributed by atoms with Crippen molar-refractivity contribution < 1.29 is 23.8 Å². The molecule has 3 aromatic carbocycles. The highest BCUT2D eigenvalue weighted by molar-refractivity contribution is 5.88. The van der Waals surface area contributed by atoms with Crippen molar-refractivity contribution in [2.45, 2.75) is 13.2 Å². The van der Waals surface area contributed by atoms with E-state index in [2.05, 4.69) is 5.32 Å². The van der Waals surface area contributed by atoms with Gasteiger partial charge in [-0.3, -0.25) is 0 Å². The molecule has 0 fully saturated rings. The van der Waals surface area contributed by atoms with Crippen molar-refractivity contribution in [1.82, 2.24) is 0 Å². The Morgan fingerprint density at radius 1 is 1.04 bits per heavy atom. The minimum atomic E-state index is -0.962. The van der Waals surface area contributed by atoms with Gasteiger partial charge in [0.05, 0.1) is 12.7 Å². The Hall–Kier alpha value is -3.54. The molecule has 0 bridgehead atoms. The first-order chi connectivity index (χ1) is 13.6. The average Bonchev–Trinajstić information content (AvgIpc) is 2.72. The highest BCUT2D eigenvalue weighted by atomic mass is 19.1. The quantitative estimate of drug-likeness (QED) is 0.591. The summed E-state index contributed by atoms with van der Waals surface area (Å²) in [7, 11) is 1.57. The number of anilines is 1. The largest absolute Gasteiger partial charge is 0.493 e. The molecule has 3 rings (SSSR count). The van der Waals surface area contributed by atoms with E-state index >= 15 is 0 Å². The number of hydrogen-bond donors (Lipinski definition) is 2. The van der Waals surface area contributed by atoms with Crippen LogP contribution in [0.15, 0.2) is 66.7 Å². The number of rotatable bonds is 8. The van der Waals surface area contributed by atoms with E-state index in [1.165, 1.54) is 12.1 Å². The molecule has 144 valence electrons. The van der Waals surface area contributed by atoms with Crippen LogP contribution in [0.4, 0.5) is 10.1 Å². The van der Waals surface area contributed by atoms with Crippen molar-refractivity contribution in [2.24, 2.45) is 0 Å². The van der Waals surface area contributed by atoms with Crippen LogP contribution in [-0.2, 0) is 13.2 Å². The van der Waals surface area contributed by atoms with Crippen molar-refractivity contribution >= 4 is 11.7 Å². The molecule has 0 amide bonds. The molecule has 6 heteroatoms. The molecule has 0 unspecified atom stereocenters. The zero-order valence-corrected chi connectivity index (χ0v) is 15.3. The van der Waals surface area contributed by atoms with E-state index in [4.69, 9.17) is 14.6 Å². The fourth-order valence-corrected chi connectivity index (χ4v) is 2.69. The Morgan fingerprint density at radius 3 is 2.39 bits per heavy atom. The summed E-state index contributed by atoms with van der Waals surface area (Å²) >= 11 is 0. The second-order valence-electron chi connectivity index (χ2n) is 6.10. The summed E-state index contributed by atoms with van der Waals surface area (Å²) in [5.41, 5.74) is 2.74. The molecule has 0 radical (unpaired) electrons. The van der Waals surface area contributed by atoms with Gasteiger partial charge in [0.2, 0.25) is 0 Å². The van der Waals surface area contributed by atoms with E-state index in [-0.39, 0.29) is 18.0 Å². The molecule has 0 aliphatic rings. The first-order valence-electron chi connectivity index (χ1n) is 8.67. The first-order valence-corrected chi connectivity index (χ1v) is 8.67. The van der Waals surface area contributed by atoms with Gasteiger partial charge in [-0.15, -0.1) is 0 Å². The third-order valence-electron chi connectivity index (χ3n) is 4.19. The molecule has 0 atom stereocenters. The van der Waals surface area contributed by atoms with E-state index in [0.29, 0.717) is 18.0 Å². The molecule has 0 spiro atoms. The van der Waals surface area contributed by atoms with Crippen molar-refractivity contribution in [3.63, 3.8) is 0 Å². The molecule has 5 nitrogen and oxygen atoms in total. The first kappa shape index (κ1) is 19.2. The topological polar surface area (TPSA) is 67.8 Å². The third-order valence-corrected chi connectivity index (χ3v) is 4.19. The van der Waals surface area contributed by atoms with Gasteiger partial charge in [-0.2, -0.15) is 0 Å². The number of carbonyl (C=O) groups is 1. The predicted molar refractivity (Wildman–Crippen MR) is 104 cm³/mol. The molecular formula is C22H20FNO4. The van der Waals surface area contributed by atoms with E-state index in [9.17, 15) is 9.18 Å². The number of aromatic carboxylic acids is 1. The van der Waals surface area contributed by atoms with Crippen LogP contribution in [0.3, 0.4) is 0 Å². The van der Waals surface area contributed by atoms with Crippen molar-refractivity contribution in [1.29, 1.82) is 0 Å². The summed E-state index contributed by atoms with van der Waals surface area (Å²) in [6.07, 6.45) is 0. The minimum Gasteiger partial charge on any atom is -0.493 e. The van der Waals surface area contributed by atoms with Crippen molar-refractivity contribution in [3.05, 3.63) is 89.2 Å². The zero-order chi connectivity index (χ0) is 19.9. The van der Waals surface area contributed by atoms with Gasteiger partial charge in [0.15, 0.2) is 11.5 Å². The predicted octanol–water partition coefficient (Wildman–Crippen LogP) is 4.72. The fourth-order valence-electron chi connectivity index (χ4n) is 2.69. The smallest absolute Gasteiger partial charge is 0.335 e. The van der Waals surface area contributed by atoms with Gasteiger partial charge in [0.25, 0.3) is 0 Å². The van der Waals surface area contributed by atoms with Crippen LogP contribution in [0.5, 0.6) is 11.5 Å². The number of benzene rings is 3. The second kappa shape index (κ2) is 8.90. The Labute approximate surface area is 162 Å². The van der Waals surface area contributed by atoms with Gasteiger partial charge >= 0.3 is 5.97 Å². The van der Waals surface area contributed by atoms with Crippen molar-refractivity contribution in [2.75, 3.05) is 12.4 Å². The molecule has 0 saturated carbocycles. The Kier molecular flexibility index (Phi) is 6.11. The van der Waals surface area contributed by atoms with Gasteiger partial charge in [-0.25, -0.2) is 9.18 Å². The maximum Gasteiger partial charge on any atom is 0.335 e. The summed E-state index contributed by atoms with van der Waals surface area (Å²) < 4.78 is 24.4. The number of nitrogens with one attached hydrogen (secondary N) is 1. The lowest BCUT2D eigenvalue weighted by Gasteiger charge is -2.16. The van der Waals surface area contributed by atoms with E-state index in [1.807, 2.05) is 18.2 Å². The van der Waals surface area contributed by atoms with Gasteiger partial charge in [-0.05, 0) is 48.0 Å². The normalized spacial score (nSPS) is 10.4. The molecule has 0 heterocycles. The number of methoxy groups -OCH3 is 1. The summed E-state index contributed by atoms with van der Waals surface area (Å²) in [6.45, 7) is 0.739. The Balaban J connectivity index is 1.73. The van der Waals surface area contributed by atoms with E-state index in [1.54, 1.807) is 43.5 Å². The summed E-state index contributed by atoms with van der Waals surface area (Å²) in [4.78, 5) is 10.9. The van der Waals surface area contributed by atoms with Crippen LogP contribution in [0.2, 0.25) is 0 Å². The molecule has 3 aromatic rings. The van der Waals surface area contributed by atoms with Crippen LogP contribution in [0, 0.1) is 5.82 Å². The van der Waals surface area contributed by atoms with Crippen molar-refractivity contribution in [3.8, 4) is 11.5 Å². The third kappa shape index (κ3) is 4.79. The monoisotopic (exact) mass is 381 g/mol. The van der Waals surface area contributed by atoms with Crippen LogP contribution in [0.1, 0.15) is 21.5 Å². The zero-order valence-electron chi connectivity index (χ0n) is 15.3. The molecule has 0 aliphatic carbocycles. The number of ether oxygens (including phenoxy) is 2. The van der Waals surface area contributed by atoms with Gasteiger partial charge in [0, 0.05) is 17.8 Å². The number of hydrogen-bond acceptors (Lipinski definition) is 4. The van der Waals surface area contributed by atoms with Gasteiger partial charge in [0.1, 0.15) is 12.4 Å². The van der Waals surface area contributed by atoms with Crippen LogP contribution in [-0.4, -0.2) is 18.2 Å².